The number of primary amides is 1. The summed E-state index contributed by atoms with van der Waals surface area (Å²) in [5, 5.41) is 0. The molecule has 0 atom stereocenters. The lowest BCUT2D eigenvalue weighted by Gasteiger charge is -2.22. The minimum Gasteiger partial charge on any atom is -0.351 e. The highest BCUT2D eigenvalue weighted by Gasteiger charge is 2.15. The Morgan fingerprint density at radius 3 is 2.39 bits per heavy atom. The number of amides is 2. The lowest BCUT2D eigenvalue weighted by Crippen LogP contribution is -2.31. The van der Waals surface area contributed by atoms with Gasteiger partial charge < -0.3 is 10.6 Å². The molecule has 0 radical (unpaired) electrons. The maximum absolute atomic E-state index is 11.0. The Hall–Kier alpha value is -1.51. The van der Waals surface area contributed by atoms with E-state index in [0.717, 1.165) is 11.5 Å². The van der Waals surface area contributed by atoms with E-state index in [1.807, 2.05) is 0 Å². The first-order valence-corrected chi connectivity index (χ1v) is 6.76. The van der Waals surface area contributed by atoms with Crippen molar-refractivity contribution in [2.24, 2.45) is 5.73 Å². The molecule has 3 heteroatoms. The van der Waals surface area contributed by atoms with Crippen molar-refractivity contribution in [2.75, 3.05) is 7.05 Å². The second-order valence-electron chi connectivity index (χ2n) is 5.27. The topological polar surface area (TPSA) is 46.3 Å². The van der Waals surface area contributed by atoms with Crippen LogP contribution in [-0.4, -0.2) is 18.0 Å². The minimum absolute atomic E-state index is 0.383. The lowest BCUT2D eigenvalue weighted by atomic mass is 9.84. The molecule has 98 valence electrons. The molecule has 0 spiro atoms. The Kier molecular flexibility index (Phi) is 4.24. The van der Waals surface area contributed by atoms with Crippen LogP contribution < -0.4 is 5.73 Å². The molecule has 0 aliphatic heterocycles. The van der Waals surface area contributed by atoms with E-state index in [1.54, 1.807) is 7.05 Å². The Bertz CT molecular complexity index is 393. The summed E-state index contributed by atoms with van der Waals surface area (Å²) in [7, 11) is 1.72. The number of nitrogens with zero attached hydrogens (tertiary/aromatic N) is 1. The number of hydrogen-bond donors (Lipinski definition) is 1. The molecule has 0 heterocycles. The molecular weight excluding hydrogens is 224 g/mol. The van der Waals surface area contributed by atoms with Crippen molar-refractivity contribution in [3.63, 3.8) is 0 Å². The largest absolute Gasteiger partial charge is 0.351 e. The fourth-order valence-corrected chi connectivity index (χ4v) is 2.68. The molecule has 0 aromatic heterocycles. The monoisotopic (exact) mass is 246 g/mol. The summed E-state index contributed by atoms with van der Waals surface area (Å²) in [5.74, 6) is 0.738. The first-order valence-electron chi connectivity index (χ1n) is 6.76. The van der Waals surface area contributed by atoms with Crippen molar-refractivity contribution in [3.8, 4) is 0 Å². The van der Waals surface area contributed by atoms with Gasteiger partial charge in [0.05, 0.1) is 0 Å². The van der Waals surface area contributed by atoms with Crippen LogP contribution in [0.5, 0.6) is 0 Å². The third-order valence-corrected chi connectivity index (χ3v) is 3.85. The van der Waals surface area contributed by atoms with E-state index in [-0.39, 0.29) is 6.03 Å². The zero-order valence-electron chi connectivity index (χ0n) is 11.1. The number of urea groups is 1. The third-order valence-electron chi connectivity index (χ3n) is 3.85. The van der Waals surface area contributed by atoms with Crippen LogP contribution in [0.2, 0.25) is 0 Å². The molecule has 1 aromatic rings. The van der Waals surface area contributed by atoms with Gasteiger partial charge in [0.2, 0.25) is 0 Å². The highest BCUT2D eigenvalue weighted by atomic mass is 16.2. The standard InChI is InChI=1S/C15H22N2O/c1-17(15(16)18)11-12-7-9-14(10-8-12)13-5-3-2-4-6-13/h7-10,13H,2-6,11H2,1H3,(H2,16,18). The minimum atomic E-state index is -0.383. The predicted molar refractivity (Wildman–Crippen MR) is 73.3 cm³/mol. The summed E-state index contributed by atoms with van der Waals surface area (Å²) < 4.78 is 0. The fourth-order valence-electron chi connectivity index (χ4n) is 2.68. The van der Waals surface area contributed by atoms with E-state index in [9.17, 15) is 4.79 Å². The number of nitrogens with two attached hydrogens (primary N) is 1. The van der Waals surface area contributed by atoms with Crippen molar-refractivity contribution >= 4 is 6.03 Å². The molecule has 0 unspecified atom stereocenters. The number of carbonyl (C=O) groups is 1. The number of hydrogen-bond acceptors (Lipinski definition) is 1. The SMILES string of the molecule is CN(Cc1ccc(C2CCCCC2)cc1)C(N)=O. The van der Waals surface area contributed by atoms with Gasteiger partial charge in [0, 0.05) is 13.6 Å². The highest BCUT2D eigenvalue weighted by Crippen LogP contribution is 2.32. The molecule has 3 nitrogen and oxygen atoms in total. The summed E-state index contributed by atoms with van der Waals surface area (Å²) in [6.45, 7) is 0.584. The van der Waals surface area contributed by atoms with E-state index in [4.69, 9.17) is 5.73 Å². The number of carbonyl (C=O) groups excluding carboxylic acids is 1. The maximum Gasteiger partial charge on any atom is 0.314 e. The molecule has 2 amide bonds. The van der Waals surface area contributed by atoms with Crippen molar-refractivity contribution in [1.82, 2.24) is 4.90 Å². The summed E-state index contributed by atoms with van der Waals surface area (Å²) in [5.41, 5.74) is 7.80. The van der Waals surface area contributed by atoms with Crippen LogP contribution >= 0.6 is 0 Å². The summed E-state index contributed by atoms with van der Waals surface area (Å²) >= 11 is 0. The Morgan fingerprint density at radius 2 is 1.83 bits per heavy atom. The van der Waals surface area contributed by atoms with Crippen LogP contribution in [0.15, 0.2) is 24.3 Å². The van der Waals surface area contributed by atoms with Crippen molar-refractivity contribution in [1.29, 1.82) is 0 Å². The molecule has 2 N–H and O–H groups in total. The van der Waals surface area contributed by atoms with Crippen LogP contribution in [0.25, 0.3) is 0 Å². The van der Waals surface area contributed by atoms with Crippen LogP contribution in [-0.2, 0) is 6.54 Å². The molecule has 0 saturated heterocycles. The van der Waals surface area contributed by atoms with Crippen molar-refractivity contribution < 1.29 is 4.79 Å². The average molecular weight is 246 g/mol. The first-order chi connectivity index (χ1) is 8.66. The highest BCUT2D eigenvalue weighted by molar-refractivity contribution is 5.71. The Labute approximate surface area is 109 Å². The van der Waals surface area contributed by atoms with Gasteiger partial charge in [0.15, 0.2) is 0 Å². The normalized spacial score (nSPS) is 16.5. The zero-order valence-corrected chi connectivity index (χ0v) is 11.1. The molecule has 1 saturated carbocycles. The molecular formula is C15H22N2O. The van der Waals surface area contributed by atoms with E-state index < -0.39 is 0 Å². The molecule has 0 bridgehead atoms. The predicted octanol–water partition coefficient (Wildman–Crippen LogP) is 3.24. The Morgan fingerprint density at radius 1 is 1.22 bits per heavy atom. The van der Waals surface area contributed by atoms with Gasteiger partial charge in [-0.1, -0.05) is 43.5 Å². The first kappa shape index (κ1) is 12.9. The van der Waals surface area contributed by atoms with E-state index in [2.05, 4.69) is 24.3 Å². The van der Waals surface area contributed by atoms with Gasteiger partial charge in [0.1, 0.15) is 0 Å². The summed E-state index contributed by atoms with van der Waals surface area (Å²) in [6, 6.07) is 8.26. The van der Waals surface area contributed by atoms with Crippen LogP contribution in [0.3, 0.4) is 0 Å². The summed E-state index contributed by atoms with van der Waals surface area (Å²) in [4.78, 5) is 12.5. The van der Waals surface area contributed by atoms with Gasteiger partial charge >= 0.3 is 6.03 Å². The van der Waals surface area contributed by atoms with E-state index >= 15 is 0 Å². The van der Waals surface area contributed by atoms with Crippen LogP contribution in [0.1, 0.15) is 49.1 Å². The van der Waals surface area contributed by atoms with Gasteiger partial charge in [-0.15, -0.1) is 0 Å². The average Bonchev–Trinajstić information content (AvgIpc) is 2.40. The summed E-state index contributed by atoms with van der Waals surface area (Å²) in [6.07, 6.45) is 6.74. The third kappa shape index (κ3) is 3.25. The number of rotatable bonds is 3. The molecule has 2 rings (SSSR count). The second kappa shape index (κ2) is 5.89. The molecule has 1 aliphatic rings. The van der Waals surface area contributed by atoms with Crippen molar-refractivity contribution in [2.45, 2.75) is 44.6 Å². The van der Waals surface area contributed by atoms with Gasteiger partial charge in [-0.2, -0.15) is 0 Å². The van der Waals surface area contributed by atoms with Gasteiger partial charge in [-0.05, 0) is 29.9 Å². The second-order valence-corrected chi connectivity index (χ2v) is 5.27. The van der Waals surface area contributed by atoms with E-state index in [1.165, 1.54) is 42.6 Å². The van der Waals surface area contributed by atoms with Crippen LogP contribution in [0, 0.1) is 0 Å². The Balaban J connectivity index is 1.98. The molecule has 1 aliphatic carbocycles. The van der Waals surface area contributed by atoms with Gasteiger partial charge in [0.25, 0.3) is 0 Å². The lowest BCUT2D eigenvalue weighted by molar-refractivity contribution is 0.216. The van der Waals surface area contributed by atoms with Gasteiger partial charge in [-0.3, -0.25) is 0 Å². The molecule has 1 aromatic carbocycles. The van der Waals surface area contributed by atoms with Gasteiger partial charge in [-0.25, -0.2) is 4.79 Å². The zero-order chi connectivity index (χ0) is 13.0. The fraction of sp³-hybridized carbons (Fsp3) is 0.533. The maximum atomic E-state index is 11.0. The molecule has 1 fully saturated rings. The van der Waals surface area contributed by atoms with E-state index in [0.29, 0.717) is 6.54 Å². The van der Waals surface area contributed by atoms with Crippen molar-refractivity contribution in [3.05, 3.63) is 35.4 Å². The number of benzene rings is 1. The molecule has 18 heavy (non-hydrogen) atoms. The quantitative estimate of drug-likeness (QED) is 0.874. The van der Waals surface area contributed by atoms with Crippen LogP contribution in [0.4, 0.5) is 4.79 Å². The smallest absolute Gasteiger partial charge is 0.314 e.